The van der Waals surface area contributed by atoms with Crippen LogP contribution in [0.15, 0.2) is 51.7 Å². The molecule has 1 aliphatic heterocycles. The molecular formula is C25H24O6. The number of phenolic OH excluding ortho intramolecular Hbond substituents is 1. The van der Waals surface area contributed by atoms with E-state index < -0.39 is 17.0 Å². The Morgan fingerprint density at radius 1 is 1.19 bits per heavy atom. The molecule has 2 aromatic carbocycles. The Balaban J connectivity index is 2.13. The zero-order valence-electron chi connectivity index (χ0n) is 17.6. The molecule has 0 spiro atoms. The molecule has 31 heavy (non-hydrogen) atoms. The van der Waals surface area contributed by atoms with Crippen LogP contribution in [0.3, 0.4) is 0 Å². The van der Waals surface area contributed by atoms with Gasteiger partial charge < -0.3 is 19.4 Å². The van der Waals surface area contributed by atoms with Crippen molar-refractivity contribution in [3.63, 3.8) is 0 Å². The lowest BCUT2D eigenvalue weighted by molar-refractivity contribution is 0.0941. The number of hydrogen-bond donors (Lipinski definition) is 2. The summed E-state index contributed by atoms with van der Waals surface area (Å²) in [4.78, 5) is 25.6. The van der Waals surface area contributed by atoms with Crippen LogP contribution in [0, 0.1) is 5.92 Å². The number of ether oxygens (including phenoxy) is 1. The summed E-state index contributed by atoms with van der Waals surface area (Å²) in [6.45, 7) is 5.30. The highest BCUT2D eigenvalue weighted by molar-refractivity contribution is 6.15. The molecule has 6 nitrogen and oxygen atoms in total. The van der Waals surface area contributed by atoms with Gasteiger partial charge in [0.25, 0.3) is 0 Å². The van der Waals surface area contributed by atoms with Gasteiger partial charge in [-0.05, 0) is 37.5 Å². The van der Waals surface area contributed by atoms with E-state index in [2.05, 4.69) is 0 Å². The Morgan fingerprint density at radius 3 is 2.58 bits per heavy atom. The SMILES string of the molecule is CC(CO)CC(=O)c1c(O)c2c(c3c(-c4ccccc4)cc(=O)oc13)OC(C)(C)C=C2. The first-order chi connectivity index (χ1) is 14.7. The molecule has 0 fully saturated rings. The van der Waals surface area contributed by atoms with E-state index in [9.17, 15) is 19.8 Å². The zero-order chi connectivity index (χ0) is 22.3. The minimum atomic E-state index is -0.659. The van der Waals surface area contributed by atoms with Crippen LogP contribution in [0.2, 0.25) is 0 Å². The lowest BCUT2D eigenvalue weighted by Gasteiger charge is -2.30. The first kappa shape index (κ1) is 20.9. The Labute approximate surface area is 179 Å². The van der Waals surface area contributed by atoms with Gasteiger partial charge in [0.05, 0.1) is 10.9 Å². The van der Waals surface area contributed by atoms with Crippen LogP contribution in [0.25, 0.3) is 28.2 Å². The van der Waals surface area contributed by atoms with E-state index in [0.717, 1.165) is 5.56 Å². The van der Waals surface area contributed by atoms with Crippen molar-refractivity contribution in [1.29, 1.82) is 0 Å². The highest BCUT2D eigenvalue weighted by Crippen LogP contribution is 2.48. The number of carbonyl (C=O) groups excluding carboxylic acids is 1. The molecule has 0 aliphatic carbocycles. The number of aromatic hydroxyl groups is 1. The van der Waals surface area contributed by atoms with Crippen molar-refractivity contribution in [3.05, 3.63) is 64.0 Å². The molecule has 2 N–H and O–H groups in total. The molecule has 1 aliphatic rings. The lowest BCUT2D eigenvalue weighted by Crippen LogP contribution is -2.28. The second-order valence-electron chi connectivity index (χ2n) is 8.47. The molecule has 0 bridgehead atoms. The minimum Gasteiger partial charge on any atom is -0.506 e. The molecule has 1 aromatic heterocycles. The van der Waals surface area contributed by atoms with Crippen LogP contribution in [0.5, 0.6) is 11.5 Å². The summed E-state index contributed by atoms with van der Waals surface area (Å²) >= 11 is 0. The third-order valence-corrected chi connectivity index (χ3v) is 5.38. The Hall–Kier alpha value is -3.38. The fourth-order valence-electron chi connectivity index (χ4n) is 3.81. The molecule has 160 valence electrons. The molecule has 0 saturated carbocycles. The summed E-state index contributed by atoms with van der Waals surface area (Å²) < 4.78 is 11.7. The maximum absolute atomic E-state index is 13.1. The van der Waals surface area contributed by atoms with Crippen molar-refractivity contribution in [2.75, 3.05) is 6.61 Å². The molecule has 0 amide bonds. The minimum absolute atomic E-state index is 0.00666. The number of carbonyl (C=O) groups is 1. The van der Waals surface area contributed by atoms with Gasteiger partial charge in [0.2, 0.25) is 0 Å². The van der Waals surface area contributed by atoms with Gasteiger partial charge in [0, 0.05) is 24.7 Å². The summed E-state index contributed by atoms with van der Waals surface area (Å²) in [5.74, 6) is -0.668. The van der Waals surface area contributed by atoms with E-state index >= 15 is 0 Å². The number of aliphatic hydroxyl groups excluding tert-OH is 1. The number of rotatable bonds is 5. The van der Waals surface area contributed by atoms with Gasteiger partial charge in [-0.1, -0.05) is 37.3 Å². The van der Waals surface area contributed by atoms with Crippen molar-refractivity contribution in [2.45, 2.75) is 32.8 Å². The van der Waals surface area contributed by atoms with Gasteiger partial charge in [-0.2, -0.15) is 0 Å². The number of Topliss-reactive ketones (excluding diaryl/α,β-unsaturated/α-hetero) is 1. The second-order valence-corrected chi connectivity index (χ2v) is 8.47. The van der Waals surface area contributed by atoms with Crippen molar-refractivity contribution < 1.29 is 24.2 Å². The Morgan fingerprint density at radius 2 is 1.90 bits per heavy atom. The normalized spacial score (nSPS) is 15.4. The average molecular weight is 420 g/mol. The van der Waals surface area contributed by atoms with Gasteiger partial charge >= 0.3 is 5.63 Å². The summed E-state index contributed by atoms with van der Waals surface area (Å²) in [6.07, 6.45) is 3.51. The first-order valence-corrected chi connectivity index (χ1v) is 10.2. The highest BCUT2D eigenvalue weighted by Gasteiger charge is 2.32. The topological polar surface area (TPSA) is 97.0 Å². The Kier molecular flexibility index (Phi) is 5.19. The van der Waals surface area contributed by atoms with Crippen molar-refractivity contribution in [1.82, 2.24) is 0 Å². The number of fused-ring (bicyclic) bond motifs is 3. The first-order valence-electron chi connectivity index (χ1n) is 10.2. The van der Waals surface area contributed by atoms with Crippen LogP contribution in [-0.4, -0.2) is 28.2 Å². The van der Waals surface area contributed by atoms with Crippen LogP contribution >= 0.6 is 0 Å². The van der Waals surface area contributed by atoms with E-state index in [-0.39, 0.29) is 35.8 Å². The Bertz CT molecular complexity index is 1250. The summed E-state index contributed by atoms with van der Waals surface area (Å²) in [5.41, 5.74) is 0.289. The number of hydrogen-bond acceptors (Lipinski definition) is 6. The molecule has 0 saturated heterocycles. The average Bonchev–Trinajstić information content (AvgIpc) is 2.72. The van der Waals surface area contributed by atoms with E-state index in [1.807, 2.05) is 44.2 Å². The van der Waals surface area contributed by atoms with Gasteiger partial charge in [0.1, 0.15) is 22.7 Å². The van der Waals surface area contributed by atoms with E-state index in [1.54, 1.807) is 19.1 Å². The quantitative estimate of drug-likeness (QED) is 0.464. The summed E-state index contributed by atoms with van der Waals surface area (Å²) in [6, 6.07) is 10.6. The van der Waals surface area contributed by atoms with Crippen molar-refractivity contribution in [3.8, 4) is 22.6 Å². The molecule has 3 aromatic rings. The van der Waals surface area contributed by atoms with Gasteiger partial charge in [-0.3, -0.25) is 4.79 Å². The predicted octanol–water partition coefficient (Wildman–Crippen LogP) is 4.55. The third kappa shape index (κ3) is 3.75. The molecule has 0 radical (unpaired) electrons. The fraction of sp³-hybridized carbons (Fsp3) is 0.280. The number of aliphatic hydroxyl groups is 1. The van der Waals surface area contributed by atoms with Gasteiger partial charge in [0.15, 0.2) is 11.4 Å². The second kappa shape index (κ2) is 7.71. The lowest BCUT2D eigenvalue weighted by atomic mass is 9.90. The molecular weight excluding hydrogens is 396 g/mol. The molecule has 4 rings (SSSR count). The summed E-state index contributed by atoms with van der Waals surface area (Å²) in [7, 11) is 0. The monoisotopic (exact) mass is 420 g/mol. The van der Waals surface area contributed by atoms with Crippen LogP contribution in [0.1, 0.15) is 43.1 Å². The molecule has 1 unspecified atom stereocenters. The van der Waals surface area contributed by atoms with Gasteiger partial charge in [-0.15, -0.1) is 0 Å². The molecule has 6 heteroatoms. The number of benzene rings is 2. The van der Waals surface area contributed by atoms with Crippen LogP contribution in [-0.2, 0) is 0 Å². The van der Waals surface area contributed by atoms with E-state index in [1.165, 1.54) is 6.07 Å². The number of ketones is 1. The summed E-state index contributed by atoms with van der Waals surface area (Å²) in [5, 5.41) is 20.9. The third-order valence-electron chi connectivity index (χ3n) is 5.38. The predicted molar refractivity (Wildman–Crippen MR) is 119 cm³/mol. The standard InChI is InChI=1S/C25H24O6/c1-14(13-26)11-18(27)21-22(29)16-9-10-25(2,3)31-23(16)20-17(12-19(28)30-24(20)21)15-7-5-4-6-8-15/h4-10,12,14,26,29H,11,13H2,1-3H3. The van der Waals surface area contributed by atoms with Crippen molar-refractivity contribution >= 4 is 22.8 Å². The smallest absolute Gasteiger partial charge is 0.336 e. The van der Waals surface area contributed by atoms with Crippen LogP contribution < -0.4 is 10.4 Å². The number of phenols is 1. The van der Waals surface area contributed by atoms with Crippen molar-refractivity contribution in [2.24, 2.45) is 5.92 Å². The van der Waals surface area contributed by atoms with Gasteiger partial charge in [-0.25, -0.2) is 4.79 Å². The molecule has 1 atom stereocenters. The maximum Gasteiger partial charge on any atom is 0.336 e. The molecule has 2 heterocycles. The van der Waals surface area contributed by atoms with E-state index in [0.29, 0.717) is 22.3 Å². The van der Waals surface area contributed by atoms with E-state index in [4.69, 9.17) is 9.15 Å². The fourth-order valence-corrected chi connectivity index (χ4v) is 3.81. The maximum atomic E-state index is 13.1. The largest absolute Gasteiger partial charge is 0.506 e. The highest BCUT2D eigenvalue weighted by atomic mass is 16.5. The van der Waals surface area contributed by atoms with Crippen LogP contribution in [0.4, 0.5) is 0 Å². The zero-order valence-corrected chi connectivity index (χ0v) is 17.6.